The van der Waals surface area contributed by atoms with Crippen LogP contribution >= 0.6 is 23.1 Å². The first-order valence-electron chi connectivity index (χ1n) is 6.85. The van der Waals surface area contributed by atoms with E-state index in [9.17, 15) is 0 Å². The molecule has 0 fully saturated rings. The maximum absolute atomic E-state index is 5.27. The molecule has 0 radical (unpaired) electrons. The summed E-state index contributed by atoms with van der Waals surface area (Å²) in [6, 6.07) is 13.7. The van der Waals surface area contributed by atoms with Crippen molar-refractivity contribution >= 4 is 23.1 Å². The van der Waals surface area contributed by atoms with Gasteiger partial charge in [0, 0.05) is 5.56 Å². The molecule has 4 rings (SSSR count). The normalized spacial score (nSPS) is 11.0. The molecule has 1 aromatic carbocycles. The summed E-state index contributed by atoms with van der Waals surface area (Å²) >= 11 is 3.08. The lowest BCUT2D eigenvalue weighted by Gasteiger charge is -1.91. The minimum atomic E-state index is 0.529. The molecule has 3 aromatic heterocycles. The van der Waals surface area contributed by atoms with Crippen molar-refractivity contribution in [2.45, 2.75) is 10.9 Å². The lowest BCUT2D eigenvalue weighted by atomic mass is 10.2. The van der Waals surface area contributed by atoms with E-state index in [2.05, 4.69) is 25.3 Å². The van der Waals surface area contributed by atoms with E-state index >= 15 is 0 Å². The van der Waals surface area contributed by atoms with Crippen molar-refractivity contribution in [2.24, 2.45) is 0 Å². The first-order chi connectivity index (χ1) is 11.4. The molecule has 0 aliphatic heterocycles. The van der Waals surface area contributed by atoms with Crippen LogP contribution in [0.1, 0.15) is 5.89 Å². The van der Waals surface area contributed by atoms with Crippen molar-refractivity contribution in [3.63, 3.8) is 0 Å². The van der Waals surface area contributed by atoms with Crippen LogP contribution in [-0.4, -0.2) is 25.3 Å². The number of H-pyrrole nitrogens is 1. The summed E-state index contributed by atoms with van der Waals surface area (Å²) in [5.41, 5.74) is 0.936. The molecule has 0 atom stereocenters. The third-order valence-corrected chi connectivity index (χ3v) is 4.75. The molecule has 0 spiro atoms. The maximum atomic E-state index is 5.27. The molecule has 0 unspecified atom stereocenters. The number of nitrogens with zero attached hydrogens (tertiary/aromatic N) is 4. The molecule has 0 saturated heterocycles. The van der Waals surface area contributed by atoms with Gasteiger partial charge < -0.3 is 4.52 Å². The Bertz CT molecular complexity index is 886. The molecule has 0 aliphatic carbocycles. The Morgan fingerprint density at radius 2 is 2.00 bits per heavy atom. The molecule has 0 bridgehead atoms. The molecule has 4 aromatic rings. The number of thiophene rings is 1. The van der Waals surface area contributed by atoms with Gasteiger partial charge in [0.1, 0.15) is 0 Å². The van der Waals surface area contributed by atoms with Gasteiger partial charge in [-0.05, 0) is 11.4 Å². The molecular weight excluding hydrogens is 330 g/mol. The van der Waals surface area contributed by atoms with Crippen LogP contribution in [0.2, 0.25) is 0 Å². The van der Waals surface area contributed by atoms with E-state index in [1.54, 1.807) is 11.3 Å². The number of benzene rings is 1. The van der Waals surface area contributed by atoms with E-state index in [1.807, 2.05) is 47.8 Å². The lowest BCUT2D eigenvalue weighted by molar-refractivity contribution is 0.391. The SMILES string of the molecule is c1ccc(-c2noc(CSc3n[nH]c(-c4cccs4)n3)n2)cc1. The second kappa shape index (κ2) is 6.35. The molecule has 114 valence electrons. The average Bonchev–Trinajstić information content (AvgIpc) is 3.33. The summed E-state index contributed by atoms with van der Waals surface area (Å²) < 4.78 is 5.27. The number of hydrogen-bond donors (Lipinski definition) is 1. The number of rotatable bonds is 5. The summed E-state index contributed by atoms with van der Waals surface area (Å²) in [7, 11) is 0. The van der Waals surface area contributed by atoms with Gasteiger partial charge in [-0.2, -0.15) is 4.98 Å². The number of nitrogens with one attached hydrogen (secondary N) is 1. The Balaban J connectivity index is 1.43. The van der Waals surface area contributed by atoms with Crippen LogP contribution in [0.4, 0.5) is 0 Å². The highest BCUT2D eigenvalue weighted by Crippen LogP contribution is 2.25. The van der Waals surface area contributed by atoms with E-state index in [1.165, 1.54) is 11.8 Å². The van der Waals surface area contributed by atoms with Gasteiger partial charge in [0.2, 0.25) is 16.9 Å². The Morgan fingerprint density at radius 1 is 1.09 bits per heavy atom. The van der Waals surface area contributed by atoms with Gasteiger partial charge in [-0.1, -0.05) is 53.3 Å². The molecular formula is C15H11N5OS2. The van der Waals surface area contributed by atoms with Gasteiger partial charge in [-0.15, -0.1) is 16.4 Å². The molecule has 1 N–H and O–H groups in total. The van der Waals surface area contributed by atoms with E-state index in [-0.39, 0.29) is 0 Å². The Hall–Kier alpha value is -2.45. The van der Waals surface area contributed by atoms with Crippen molar-refractivity contribution in [3.8, 4) is 22.1 Å². The summed E-state index contributed by atoms with van der Waals surface area (Å²) in [6.45, 7) is 0. The zero-order valence-corrected chi connectivity index (χ0v) is 13.5. The van der Waals surface area contributed by atoms with Gasteiger partial charge in [-0.3, -0.25) is 5.10 Å². The van der Waals surface area contributed by atoms with E-state index in [0.717, 1.165) is 16.3 Å². The topological polar surface area (TPSA) is 80.5 Å². The van der Waals surface area contributed by atoms with Crippen LogP contribution in [0.5, 0.6) is 0 Å². The number of thioether (sulfide) groups is 1. The molecule has 8 heteroatoms. The zero-order chi connectivity index (χ0) is 15.5. The van der Waals surface area contributed by atoms with E-state index in [0.29, 0.717) is 22.6 Å². The monoisotopic (exact) mass is 341 g/mol. The third-order valence-electron chi connectivity index (χ3n) is 3.04. The standard InChI is InChI=1S/C15H11N5OS2/c1-2-5-10(6-3-1)13-16-12(21-20-13)9-23-15-17-14(18-19-15)11-7-4-8-22-11/h1-8H,9H2,(H,17,18,19). The van der Waals surface area contributed by atoms with Gasteiger partial charge in [-0.25, -0.2) is 4.98 Å². The highest BCUT2D eigenvalue weighted by molar-refractivity contribution is 7.98. The van der Waals surface area contributed by atoms with Crippen molar-refractivity contribution in [3.05, 3.63) is 53.7 Å². The Labute approximate surface area is 140 Å². The van der Waals surface area contributed by atoms with Crippen LogP contribution < -0.4 is 0 Å². The number of aromatic nitrogens is 5. The molecule has 6 nitrogen and oxygen atoms in total. The summed E-state index contributed by atoms with van der Waals surface area (Å²) in [6.07, 6.45) is 0. The fourth-order valence-corrected chi connectivity index (χ4v) is 3.28. The van der Waals surface area contributed by atoms with Crippen LogP contribution in [-0.2, 0) is 5.75 Å². The van der Waals surface area contributed by atoms with Crippen LogP contribution in [0, 0.1) is 0 Å². The molecule has 3 heterocycles. The maximum Gasteiger partial charge on any atom is 0.237 e. The summed E-state index contributed by atoms with van der Waals surface area (Å²) in [5.74, 6) is 2.45. The van der Waals surface area contributed by atoms with Crippen LogP contribution in [0.15, 0.2) is 57.5 Å². The minimum Gasteiger partial charge on any atom is -0.338 e. The quantitative estimate of drug-likeness (QED) is 0.555. The zero-order valence-electron chi connectivity index (χ0n) is 11.8. The number of aromatic amines is 1. The van der Waals surface area contributed by atoms with Gasteiger partial charge in [0.15, 0.2) is 5.82 Å². The molecule has 23 heavy (non-hydrogen) atoms. The van der Waals surface area contributed by atoms with Crippen molar-refractivity contribution in [1.29, 1.82) is 0 Å². The smallest absolute Gasteiger partial charge is 0.237 e. The molecule has 0 aliphatic rings. The second-order valence-electron chi connectivity index (χ2n) is 4.61. The van der Waals surface area contributed by atoms with E-state index < -0.39 is 0 Å². The molecule has 0 saturated carbocycles. The molecule has 0 amide bonds. The van der Waals surface area contributed by atoms with Gasteiger partial charge in [0.25, 0.3) is 0 Å². The second-order valence-corrected chi connectivity index (χ2v) is 6.50. The van der Waals surface area contributed by atoms with Crippen molar-refractivity contribution < 1.29 is 4.52 Å². The van der Waals surface area contributed by atoms with E-state index in [4.69, 9.17) is 4.52 Å². The third kappa shape index (κ3) is 3.17. The van der Waals surface area contributed by atoms with Gasteiger partial charge >= 0.3 is 0 Å². The van der Waals surface area contributed by atoms with Crippen molar-refractivity contribution in [1.82, 2.24) is 25.3 Å². The van der Waals surface area contributed by atoms with Gasteiger partial charge in [0.05, 0.1) is 10.6 Å². The largest absolute Gasteiger partial charge is 0.338 e. The summed E-state index contributed by atoms with van der Waals surface area (Å²) in [4.78, 5) is 9.90. The first-order valence-corrected chi connectivity index (χ1v) is 8.72. The lowest BCUT2D eigenvalue weighted by Crippen LogP contribution is -1.83. The Morgan fingerprint density at radius 3 is 2.83 bits per heavy atom. The van der Waals surface area contributed by atoms with Crippen LogP contribution in [0.25, 0.3) is 22.1 Å². The highest BCUT2D eigenvalue weighted by atomic mass is 32.2. The minimum absolute atomic E-state index is 0.529. The van der Waals surface area contributed by atoms with Crippen molar-refractivity contribution in [2.75, 3.05) is 0 Å². The fourth-order valence-electron chi connectivity index (χ4n) is 1.98. The highest BCUT2D eigenvalue weighted by Gasteiger charge is 2.11. The first kappa shape index (κ1) is 14.2. The predicted molar refractivity (Wildman–Crippen MR) is 89.0 cm³/mol. The number of hydrogen-bond acceptors (Lipinski definition) is 7. The average molecular weight is 341 g/mol. The fraction of sp³-hybridized carbons (Fsp3) is 0.0667. The summed E-state index contributed by atoms with van der Waals surface area (Å²) in [5, 5.41) is 13.8. The Kier molecular flexibility index (Phi) is 3.91. The van der Waals surface area contributed by atoms with Crippen LogP contribution in [0.3, 0.4) is 0 Å². The predicted octanol–water partition coefficient (Wildman–Crippen LogP) is 3.88.